The van der Waals surface area contributed by atoms with Crippen molar-refractivity contribution in [3.05, 3.63) is 90.5 Å². The van der Waals surface area contributed by atoms with Crippen LogP contribution >= 0.6 is 10.3 Å². The largest absolute Gasteiger partial charge is 0.402 e. The lowest BCUT2D eigenvalue weighted by molar-refractivity contribution is -0.133. The highest BCUT2D eigenvalue weighted by Gasteiger charge is 2.35. The Morgan fingerprint density at radius 1 is 0.656 bits per heavy atom. The normalized spacial score (nSPS) is 11.8. The predicted octanol–water partition coefficient (Wildman–Crippen LogP) is 8.74. The van der Waals surface area contributed by atoms with Crippen molar-refractivity contribution < 1.29 is 8.98 Å². The molecular formula is C29H36O2S. The number of carbonyl (C=O) groups is 1. The molecule has 0 saturated heterocycles. The molecule has 3 aromatic carbocycles. The first-order valence-electron chi connectivity index (χ1n) is 12.0. The Labute approximate surface area is 195 Å². The highest BCUT2D eigenvalue weighted by molar-refractivity contribution is 8.30. The van der Waals surface area contributed by atoms with Gasteiger partial charge in [-0.25, -0.2) is 0 Å². The number of hydrogen-bond donors (Lipinski definition) is 0. The summed E-state index contributed by atoms with van der Waals surface area (Å²) in [5.74, 6) is -0.143. The second-order valence-corrected chi connectivity index (χ2v) is 10.9. The molecule has 170 valence electrons. The summed E-state index contributed by atoms with van der Waals surface area (Å²) in [6.07, 6.45) is 8.71. The number of rotatable bonds is 12. The molecule has 3 aromatic rings. The van der Waals surface area contributed by atoms with E-state index in [0.29, 0.717) is 6.42 Å². The van der Waals surface area contributed by atoms with Crippen LogP contribution in [0.2, 0.25) is 0 Å². The molecule has 0 saturated carbocycles. The van der Waals surface area contributed by atoms with E-state index < -0.39 is 10.3 Å². The van der Waals surface area contributed by atoms with Gasteiger partial charge in [0.25, 0.3) is 0 Å². The molecule has 0 fully saturated rings. The third kappa shape index (κ3) is 6.04. The van der Waals surface area contributed by atoms with E-state index in [2.05, 4.69) is 55.5 Å². The van der Waals surface area contributed by atoms with Gasteiger partial charge < -0.3 is 4.18 Å². The Hall–Kier alpha value is -2.52. The van der Waals surface area contributed by atoms with Gasteiger partial charge in [0.15, 0.2) is 0 Å². The second kappa shape index (κ2) is 12.5. The molecule has 0 aromatic heterocycles. The average molecular weight is 449 g/mol. The van der Waals surface area contributed by atoms with Crippen molar-refractivity contribution in [3.8, 4) is 0 Å². The van der Waals surface area contributed by atoms with Gasteiger partial charge in [0.05, 0.1) is 0 Å². The van der Waals surface area contributed by atoms with E-state index in [1.165, 1.54) is 37.7 Å². The molecule has 0 bridgehead atoms. The molecule has 0 amide bonds. The first kappa shape index (κ1) is 24.1. The van der Waals surface area contributed by atoms with Crippen molar-refractivity contribution in [2.45, 2.75) is 79.9 Å². The van der Waals surface area contributed by atoms with Gasteiger partial charge in [-0.15, -0.1) is 0 Å². The molecule has 3 rings (SSSR count). The highest BCUT2D eigenvalue weighted by Crippen LogP contribution is 2.69. The van der Waals surface area contributed by atoms with Crippen LogP contribution in [0.3, 0.4) is 0 Å². The van der Waals surface area contributed by atoms with Crippen molar-refractivity contribution in [2.75, 3.05) is 0 Å². The van der Waals surface area contributed by atoms with Gasteiger partial charge in [-0.2, -0.15) is 0 Å². The molecule has 0 spiro atoms. The number of benzene rings is 3. The fourth-order valence-electron chi connectivity index (χ4n) is 3.94. The smallest absolute Gasteiger partial charge is 0.317 e. The van der Waals surface area contributed by atoms with Crippen LogP contribution in [0.15, 0.2) is 99.6 Å². The van der Waals surface area contributed by atoms with Crippen LogP contribution in [-0.4, -0.2) is 5.97 Å². The van der Waals surface area contributed by atoms with Crippen molar-refractivity contribution in [2.24, 2.45) is 0 Å². The van der Waals surface area contributed by atoms with E-state index in [1.807, 2.05) is 43.3 Å². The minimum absolute atomic E-state index is 0.143. The van der Waals surface area contributed by atoms with E-state index in [9.17, 15) is 4.79 Å². The van der Waals surface area contributed by atoms with Crippen LogP contribution < -0.4 is 0 Å². The van der Waals surface area contributed by atoms with Crippen molar-refractivity contribution in [1.29, 1.82) is 0 Å². The topological polar surface area (TPSA) is 26.3 Å². The SMILES string of the molecule is CCCCCCCc1ccc(S(OC(=O)CCC)(c2ccccc2)c2ccccc2)cc1. The molecule has 3 heteroatoms. The summed E-state index contributed by atoms with van der Waals surface area (Å²) < 4.78 is 6.45. The molecule has 0 N–H and O–H groups in total. The molecular weight excluding hydrogens is 412 g/mol. The number of unbranched alkanes of at least 4 members (excludes halogenated alkanes) is 4. The van der Waals surface area contributed by atoms with Crippen LogP contribution in [-0.2, 0) is 15.4 Å². The number of carbonyl (C=O) groups excluding carboxylic acids is 1. The monoisotopic (exact) mass is 448 g/mol. The van der Waals surface area contributed by atoms with Crippen molar-refractivity contribution in [1.82, 2.24) is 0 Å². The number of hydrogen-bond acceptors (Lipinski definition) is 2. The van der Waals surface area contributed by atoms with Crippen LogP contribution in [0.4, 0.5) is 0 Å². The molecule has 2 nitrogen and oxygen atoms in total. The second-order valence-electron chi connectivity index (χ2n) is 8.20. The van der Waals surface area contributed by atoms with Gasteiger partial charge in [0.2, 0.25) is 0 Å². The van der Waals surface area contributed by atoms with Gasteiger partial charge >= 0.3 is 5.97 Å². The lowest BCUT2D eigenvalue weighted by atomic mass is 10.1. The standard InChI is InChI=1S/C29H36O2S/c1-3-5-6-7-10-16-25-21-23-28(24-22-25)32(31-29(30)15-4-2,26-17-11-8-12-18-26)27-19-13-9-14-20-27/h8-9,11-14,17-24H,3-7,10,15-16H2,1-2H3. The van der Waals surface area contributed by atoms with E-state index in [1.54, 1.807) is 0 Å². The molecule has 0 heterocycles. The zero-order valence-electron chi connectivity index (χ0n) is 19.5. The molecule has 32 heavy (non-hydrogen) atoms. The summed E-state index contributed by atoms with van der Waals surface area (Å²) in [6, 6.07) is 29.3. The summed E-state index contributed by atoms with van der Waals surface area (Å²) in [4.78, 5) is 16.0. The van der Waals surface area contributed by atoms with Gasteiger partial charge in [-0.05, 0) is 71.5 Å². The van der Waals surface area contributed by atoms with Gasteiger partial charge in [0, 0.05) is 21.1 Å². The fourth-order valence-corrected chi connectivity index (χ4v) is 7.01. The zero-order valence-corrected chi connectivity index (χ0v) is 20.3. The Morgan fingerprint density at radius 2 is 1.19 bits per heavy atom. The van der Waals surface area contributed by atoms with E-state index in [0.717, 1.165) is 27.5 Å². The maximum absolute atomic E-state index is 12.9. The van der Waals surface area contributed by atoms with Crippen LogP contribution in [0.5, 0.6) is 0 Å². The molecule has 0 radical (unpaired) electrons. The summed E-state index contributed by atoms with van der Waals surface area (Å²) >= 11 is 0. The maximum Gasteiger partial charge on any atom is 0.317 e. The maximum atomic E-state index is 12.9. The summed E-state index contributed by atoms with van der Waals surface area (Å²) in [6.45, 7) is 4.26. The van der Waals surface area contributed by atoms with Gasteiger partial charge in [-0.1, -0.05) is 88.1 Å². The fraction of sp³-hybridized carbons (Fsp3) is 0.345. The van der Waals surface area contributed by atoms with Crippen LogP contribution in [0.25, 0.3) is 0 Å². The lowest BCUT2D eigenvalue weighted by Gasteiger charge is -2.39. The minimum Gasteiger partial charge on any atom is -0.402 e. The van der Waals surface area contributed by atoms with Crippen LogP contribution in [0, 0.1) is 0 Å². The average Bonchev–Trinajstić information content (AvgIpc) is 2.84. The lowest BCUT2D eigenvalue weighted by Crippen LogP contribution is -2.13. The molecule has 0 aliphatic rings. The zero-order chi connectivity index (χ0) is 22.7. The minimum atomic E-state index is -2.15. The Kier molecular flexibility index (Phi) is 9.43. The van der Waals surface area contributed by atoms with Gasteiger partial charge in [0.1, 0.15) is 0 Å². The van der Waals surface area contributed by atoms with Crippen molar-refractivity contribution in [3.63, 3.8) is 0 Å². The first-order valence-corrected chi connectivity index (χ1v) is 13.5. The molecule has 0 atom stereocenters. The van der Waals surface area contributed by atoms with Crippen molar-refractivity contribution >= 4 is 16.3 Å². The summed E-state index contributed by atoms with van der Waals surface area (Å²) in [5, 5.41) is 0. The highest BCUT2D eigenvalue weighted by atomic mass is 32.3. The van der Waals surface area contributed by atoms with E-state index >= 15 is 0 Å². The predicted molar refractivity (Wildman–Crippen MR) is 135 cm³/mol. The first-order chi connectivity index (χ1) is 15.7. The summed E-state index contributed by atoms with van der Waals surface area (Å²) in [7, 11) is -2.15. The van der Waals surface area contributed by atoms with Crippen LogP contribution in [0.1, 0.15) is 64.4 Å². The Morgan fingerprint density at radius 3 is 1.72 bits per heavy atom. The van der Waals surface area contributed by atoms with E-state index in [-0.39, 0.29) is 5.97 Å². The molecule has 0 aliphatic carbocycles. The Bertz CT molecular complexity index is 896. The molecule has 0 aliphatic heterocycles. The number of aryl methyl sites for hydroxylation is 1. The van der Waals surface area contributed by atoms with E-state index in [4.69, 9.17) is 4.18 Å². The summed E-state index contributed by atoms with van der Waals surface area (Å²) in [5.41, 5.74) is 1.35. The quantitative estimate of drug-likeness (QED) is 0.259. The third-order valence-corrected chi connectivity index (χ3v) is 8.89. The molecule has 0 unspecified atom stereocenters. The third-order valence-electron chi connectivity index (χ3n) is 5.65. The van der Waals surface area contributed by atoms with Gasteiger partial charge in [-0.3, -0.25) is 4.79 Å². The Balaban J connectivity index is 1.99.